The maximum Gasteiger partial charge on any atom is 0.141 e. The van der Waals surface area contributed by atoms with Gasteiger partial charge in [0.05, 0.1) is 17.6 Å². The molecule has 0 aliphatic rings. The van der Waals surface area contributed by atoms with Crippen molar-refractivity contribution >= 4 is 34.2 Å². The predicted octanol–water partition coefficient (Wildman–Crippen LogP) is 6.09. The second-order valence-electron chi connectivity index (χ2n) is 5.89. The number of ether oxygens (including phenoxy) is 1. The molecule has 1 aromatic heterocycles. The highest BCUT2D eigenvalue weighted by molar-refractivity contribution is 6.31. The summed E-state index contributed by atoms with van der Waals surface area (Å²) in [4.78, 5) is 4.79. The van der Waals surface area contributed by atoms with Crippen LogP contribution in [0.4, 0.5) is 0 Å². The van der Waals surface area contributed by atoms with Gasteiger partial charge < -0.3 is 9.30 Å². The van der Waals surface area contributed by atoms with Gasteiger partial charge in [0.25, 0.3) is 0 Å². The minimum absolute atomic E-state index is 0.523. The van der Waals surface area contributed by atoms with E-state index in [0.29, 0.717) is 23.2 Å². The third-order valence-electron chi connectivity index (χ3n) is 4.13. The van der Waals surface area contributed by atoms with E-state index in [1.165, 1.54) is 0 Å². The second kappa shape index (κ2) is 7.40. The van der Waals surface area contributed by atoms with Gasteiger partial charge in [0.15, 0.2) is 0 Å². The van der Waals surface area contributed by atoms with E-state index in [-0.39, 0.29) is 0 Å². The van der Waals surface area contributed by atoms with Crippen LogP contribution in [0.5, 0.6) is 5.75 Å². The molecule has 0 N–H and O–H groups in total. The van der Waals surface area contributed by atoms with Gasteiger partial charge in [0.1, 0.15) is 18.2 Å². The fourth-order valence-corrected chi connectivity index (χ4v) is 3.25. The van der Waals surface area contributed by atoms with Crippen LogP contribution in [0.25, 0.3) is 22.4 Å². The number of halogens is 2. The summed E-state index contributed by atoms with van der Waals surface area (Å²) in [5.41, 5.74) is 3.01. The van der Waals surface area contributed by atoms with Gasteiger partial charge in [-0.15, -0.1) is 0 Å². The molecule has 5 heteroatoms. The maximum atomic E-state index is 6.17. The lowest BCUT2D eigenvalue weighted by molar-refractivity contribution is 0.301. The minimum Gasteiger partial charge on any atom is -0.492 e. The number of para-hydroxylation sites is 2. The van der Waals surface area contributed by atoms with Crippen molar-refractivity contribution in [2.24, 2.45) is 0 Å². The molecule has 0 radical (unpaired) electrons. The van der Waals surface area contributed by atoms with E-state index in [2.05, 4.69) is 10.6 Å². The van der Waals surface area contributed by atoms with Gasteiger partial charge >= 0.3 is 0 Å². The van der Waals surface area contributed by atoms with Gasteiger partial charge in [-0.25, -0.2) is 4.98 Å². The molecule has 0 bridgehead atoms. The topological polar surface area (TPSA) is 27.1 Å². The normalized spacial score (nSPS) is 11.0. The maximum absolute atomic E-state index is 6.17. The molecule has 0 aliphatic heterocycles. The van der Waals surface area contributed by atoms with Crippen molar-refractivity contribution in [3.8, 4) is 17.1 Å². The smallest absolute Gasteiger partial charge is 0.141 e. The number of imidazole rings is 1. The third-order valence-corrected chi connectivity index (χ3v) is 4.62. The Morgan fingerprint density at radius 1 is 0.846 bits per heavy atom. The largest absolute Gasteiger partial charge is 0.492 e. The van der Waals surface area contributed by atoms with Crippen molar-refractivity contribution in [3.63, 3.8) is 0 Å². The van der Waals surface area contributed by atoms with E-state index in [4.69, 9.17) is 32.9 Å². The average Bonchev–Trinajstić information content (AvgIpc) is 3.02. The molecule has 26 heavy (non-hydrogen) atoms. The first-order valence-electron chi connectivity index (χ1n) is 8.30. The van der Waals surface area contributed by atoms with Crippen LogP contribution < -0.4 is 4.74 Å². The number of benzene rings is 3. The molecule has 0 aliphatic carbocycles. The Hall–Kier alpha value is -2.49. The molecule has 1 heterocycles. The fraction of sp³-hybridized carbons (Fsp3) is 0.0952. The molecule has 3 aromatic carbocycles. The van der Waals surface area contributed by atoms with Crippen molar-refractivity contribution in [2.45, 2.75) is 6.54 Å². The first kappa shape index (κ1) is 17.0. The molecule has 4 aromatic rings. The van der Waals surface area contributed by atoms with E-state index in [0.717, 1.165) is 28.2 Å². The molecular formula is C21H16Cl2N2O. The number of aromatic nitrogens is 2. The number of rotatable bonds is 5. The summed E-state index contributed by atoms with van der Waals surface area (Å²) >= 11 is 12.1. The van der Waals surface area contributed by atoms with Crippen LogP contribution in [0.2, 0.25) is 10.0 Å². The summed E-state index contributed by atoms with van der Waals surface area (Å²) in [6.07, 6.45) is 0. The third kappa shape index (κ3) is 3.55. The van der Waals surface area contributed by atoms with E-state index in [9.17, 15) is 0 Å². The quantitative estimate of drug-likeness (QED) is 0.417. The van der Waals surface area contributed by atoms with Gasteiger partial charge in [0, 0.05) is 15.6 Å². The Morgan fingerprint density at radius 2 is 1.65 bits per heavy atom. The Kier molecular flexibility index (Phi) is 4.83. The van der Waals surface area contributed by atoms with Crippen LogP contribution in [-0.4, -0.2) is 16.2 Å². The Balaban J connectivity index is 1.64. The zero-order valence-electron chi connectivity index (χ0n) is 13.9. The molecule has 0 atom stereocenters. The summed E-state index contributed by atoms with van der Waals surface area (Å²) in [7, 11) is 0. The molecule has 0 fully saturated rings. The lowest BCUT2D eigenvalue weighted by Crippen LogP contribution is -2.09. The van der Waals surface area contributed by atoms with E-state index in [1.807, 2.05) is 66.7 Å². The molecule has 3 nitrogen and oxygen atoms in total. The molecule has 0 spiro atoms. The number of fused-ring (bicyclic) bond motifs is 1. The first-order chi connectivity index (χ1) is 12.7. The average molecular weight is 383 g/mol. The highest BCUT2D eigenvalue weighted by Crippen LogP contribution is 2.27. The summed E-state index contributed by atoms with van der Waals surface area (Å²) in [5, 5.41) is 1.39. The highest BCUT2D eigenvalue weighted by atomic mass is 35.5. The molecular weight excluding hydrogens is 367 g/mol. The minimum atomic E-state index is 0.523. The van der Waals surface area contributed by atoms with Gasteiger partial charge in [-0.3, -0.25) is 0 Å². The fourth-order valence-electron chi connectivity index (χ4n) is 2.94. The van der Waals surface area contributed by atoms with Crippen molar-refractivity contribution in [3.05, 3.63) is 82.8 Å². The number of nitrogens with zero attached hydrogens (tertiary/aromatic N) is 2. The molecule has 0 saturated carbocycles. The van der Waals surface area contributed by atoms with Crippen LogP contribution in [0, 0.1) is 0 Å². The lowest BCUT2D eigenvalue weighted by atomic mass is 10.2. The van der Waals surface area contributed by atoms with E-state index < -0.39 is 0 Å². The van der Waals surface area contributed by atoms with Crippen LogP contribution in [0.1, 0.15) is 0 Å². The van der Waals surface area contributed by atoms with Crippen LogP contribution >= 0.6 is 23.2 Å². The Morgan fingerprint density at radius 3 is 2.46 bits per heavy atom. The van der Waals surface area contributed by atoms with Crippen LogP contribution in [0.3, 0.4) is 0 Å². The lowest BCUT2D eigenvalue weighted by Gasteiger charge is -2.11. The standard InChI is InChI=1S/C21H16Cl2N2O/c22-16-8-10-18(11-9-16)26-13-12-25-20-7-2-1-6-19(20)24-21(25)15-4-3-5-17(23)14-15/h1-11,14H,12-13H2. The van der Waals surface area contributed by atoms with Gasteiger partial charge in [-0.05, 0) is 48.5 Å². The van der Waals surface area contributed by atoms with Crippen LogP contribution in [-0.2, 0) is 6.54 Å². The van der Waals surface area contributed by atoms with Crippen molar-refractivity contribution in [2.75, 3.05) is 6.61 Å². The van der Waals surface area contributed by atoms with Crippen molar-refractivity contribution < 1.29 is 4.74 Å². The zero-order chi connectivity index (χ0) is 17.9. The summed E-state index contributed by atoms with van der Waals surface area (Å²) in [6.45, 7) is 1.19. The zero-order valence-corrected chi connectivity index (χ0v) is 15.4. The van der Waals surface area contributed by atoms with Crippen LogP contribution in [0.15, 0.2) is 72.8 Å². The van der Waals surface area contributed by atoms with Crippen molar-refractivity contribution in [1.29, 1.82) is 0 Å². The van der Waals surface area contributed by atoms with Gasteiger partial charge in [-0.1, -0.05) is 47.5 Å². The predicted molar refractivity (Wildman–Crippen MR) is 107 cm³/mol. The second-order valence-corrected chi connectivity index (χ2v) is 6.76. The van der Waals surface area contributed by atoms with Crippen molar-refractivity contribution in [1.82, 2.24) is 9.55 Å². The van der Waals surface area contributed by atoms with Gasteiger partial charge in [0.2, 0.25) is 0 Å². The summed E-state index contributed by atoms with van der Waals surface area (Å²) in [5.74, 6) is 1.68. The van der Waals surface area contributed by atoms with Gasteiger partial charge in [-0.2, -0.15) is 0 Å². The van der Waals surface area contributed by atoms with E-state index >= 15 is 0 Å². The molecule has 130 valence electrons. The SMILES string of the molecule is Clc1ccc(OCCn2c(-c3cccc(Cl)c3)nc3ccccc32)cc1. The highest BCUT2D eigenvalue weighted by Gasteiger charge is 2.12. The Bertz CT molecular complexity index is 1040. The molecule has 0 unspecified atom stereocenters. The molecule has 0 amide bonds. The van der Waals surface area contributed by atoms with E-state index in [1.54, 1.807) is 0 Å². The monoisotopic (exact) mass is 382 g/mol. The first-order valence-corrected chi connectivity index (χ1v) is 9.06. The number of hydrogen-bond acceptors (Lipinski definition) is 2. The summed E-state index contributed by atoms with van der Waals surface area (Å²) in [6, 6.07) is 23.2. The molecule has 0 saturated heterocycles. The molecule has 4 rings (SSSR count). The Labute approximate surface area is 161 Å². The summed E-state index contributed by atoms with van der Waals surface area (Å²) < 4.78 is 8.03. The number of hydrogen-bond donors (Lipinski definition) is 0.